The summed E-state index contributed by atoms with van der Waals surface area (Å²) in [5.41, 5.74) is 4.09. The summed E-state index contributed by atoms with van der Waals surface area (Å²) in [5, 5.41) is 10.3. The molecule has 0 aliphatic heterocycles. The van der Waals surface area contributed by atoms with Crippen LogP contribution in [0.15, 0.2) is 50.9 Å². The van der Waals surface area contributed by atoms with Gasteiger partial charge in [0.2, 0.25) is 0 Å². The van der Waals surface area contributed by atoms with Crippen molar-refractivity contribution in [3.8, 4) is 0 Å². The van der Waals surface area contributed by atoms with Crippen LogP contribution in [0, 0.1) is 6.92 Å². The van der Waals surface area contributed by atoms with E-state index in [-0.39, 0.29) is 6.61 Å². The summed E-state index contributed by atoms with van der Waals surface area (Å²) in [6, 6.07) is 12.0. The van der Waals surface area contributed by atoms with Crippen LogP contribution < -0.4 is 0 Å². The van der Waals surface area contributed by atoms with Gasteiger partial charge in [-0.2, -0.15) is 0 Å². The van der Waals surface area contributed by atoms with Crippen LogP contribution in [0.3, 0.4) is 0 Å². The van der Waals surface area contributed by atoms with Crippen LogP contribution in [0.25, 0.3) is 11.0 Å². The first kappa shape index (κ1) is 13.7. The van der Waals surface area contributed by atoms with Gasteiger partial charge in [0, 0.05) is 9.37 Å². The van der Waals surface area contributed by atoms with Crippen molar-refractivity contribution in [3.05, 3.63) is 52.0 Å². The maximum atomic E-state index is 9.43. The molecule has 102 valence electrons. The average molecular weight is 349 g/mol. The fourth-order valence-electron chi connectivity index (χ4n) is 2.02. The molecule has 0 fully saturated rings. The van der Waals surface area contributed by atoms with Crippen molar-refractivity contribution in [1.29, 1.82) is 0 Å². The number of halogens is 1. The first-order valence-electron chi connectivity index (χ1n) is 6.19. The molecule has 1 heterocycles. The molecule has 0 bridgehead atoms. The minimum absolute atomic E-state index is 0.0150. The van der Waals surface area contributed by atoms with E-state index in [9.17, 15) is 5.11 Å². The van der Waals surface area contributed by atoms with E-state index in [0.717, 1.165) is 31.1 Å². The van der Waals surface area contributed by atoms with Gasteiger partial charge in [0.1, 0.15) is 0 Å². The number of aliphatic hydroxyl groups is 1. The zero-order chi connectivity index (χ0) is 14.1. The monoisotopic (exact) mass is 348 g/mol. The molecule has 3 rings (SSSR count). The van der Waals surface area contributed by atoms with Crippen LogP contribution in [0.2, 0.25) is 0 Å². The van der Waals surface area contributed by atoms with Crippen LogP contribution >= 0.6 is 27.7 Å². The lowest BCUT2D eigenvalue weighted by atomic mass is 10.2. The number of benzene rings is 2. The molecular weight excluding hydrogens is 336 g/mol. The van der Waals surface area contributed by atoms with Crippen molar-refractivity contribution in [2.75, 3.05) is 0 Å². The van der Waals surface area contributed by atoms with Crippen molar-refractivity contribution in [2.24, 2.45) is 0 Å². The SMILES string of the molecule is Cc1ccc2nc(Sc3ccc(Br)cc3CO)[nH]c2c1. The van der Waals surface area contributed by atoms with Crippen molar-refractivity contribution in [2.45, 2.75) is 23.6 Å². The molecule has 0 saturated heterocycles. The molecule has 3 nitrogen and oxygen atoms in total. The van der Waals surface area contributed by atoms with Gasteiger partial charge < -0.3 is 10.1 Å². The number of nitrogens with one attached hydrogen (secondary N) is 1. The third-order valence-electron chi connectivity index (χ3n) is 3.02. The lowest BCUT2D eigenvalue weighted by Crippen LogP contribution is -1.88. The molecule has 1 aromatic heterocycles. The first-order chi connectivity index (χ1) is 9.65. The maximum Gasteiger partial charge on any atom is 0.171 e. The third-order valence-corrected chi connectivity index (χ3v) is 4.51. The van der Waals surface area contributed by atoms with E-state index in [0.29, 0.717) is 0 Å². The molecular formula is C15H13BrN2OS. The summed E-state index contributed by atoms with van der Waals surface area (Å²) >= 11 is 4.95. The Hall–Kier alpha value is -1.30. The van der Waals surface area contributed by atoms with E-state index >= 15 is 0 Å². The highest BCUT2D eigenvalue weighted by Gasteiger charge is 2.08. The summed E-state index contributed by atoms with van der Waals surface area (Å²) < 4.78 is 0.964. The Morgan fingerprint density at radius 1 is 1.25 bits per heavy atom. The van der Waals surface area contributed by atoms with Crippen molar-refractivity contribution in [3.63, 3.8) is 0 Å². The number of aromatic nitrogens is 2. The number of aryl methyl sites for hydroxylation is 1. The summed E-state index contributed by atoms with van der Waals surface area (Å²) in [5.74, 6) is 0. The van der Waals surface area contributed by atoms with Crippen LogP contribution in [0.1, 0.15) is 11.1 Å². The highest BCUT2D eigenvalue weighted by Crippen LogP contribution is 2.31. The Balaban J connectivity index is 1.96. The fraction of sp³-hybridized carbons (Fsp3) is 0.133. The normalized spacial score (nSPS) is 11.2. The van der Waals surface area contributed by atoms with Crippen molar-refractivity contribution in [1.82, 2.24) is 9.97 Å². The number of imidazole rings is 1. The molecule has 0 aliphatic carbocycles. The lowest BCUT2D eigenvalue weighted by Gasteiger charge is -2.05. The molecule has 5 heteroatoms. The second-order valence-electron chi connectivity index (χ2n) is 4.57. The molecule has 0 amide bonds. The molecule has 2 N–H and O–H groups in total. The molecule has 20 heavy (non-hydrogen) atoms. The molecule has 2 aromatic carbocycles. The number of hydrogen-bond acceptors (Lipinski definition) is 3. The summed E-state index contributed by atoms with van der Waals surface area (Å²) in [6.07, 6.45) is 0. The molecule has 0 spiro atoms. The van der Waals surface area contributed by atoms with Gasteiger partial charge in [-0.25, -0.2) is 4.98 Å². The van der Waals surface area contributed by atoms with Gasteiger partial charge in [-0.05, 0) is 48.4 Å². The number of nitrogens with zero attached hydrogens (tertiary/aromatic N) is 1. The number of fused-ring (bicyclic) bond motifs is 1. The van der Waals surface area contributed by atoms with Gasteiger partial charge in [-0.15, -0.1) is 0 Å². The van der Waals surface area contributed by atoms with Gasteiger partial charge in [0.15, 0.2) is 5.16 Å². The zero-order valence-electron chi connectivity index (χ0n) is 10.9. The maximum absolute atomic E-state index is 9.43. The Bertz CT molecular complexity index is 770. The minimum atomic E-state index is 0.0150. The standard InChI is InChI=1S/C15H13BrN2OS/c1-9-2-4-12-13(6-9)18-15(17-12)20-14-5-3-11(16)7-10(14)8-19/h2-7,19H,8H2,1H3,(H,17,18). The van der Waals surface area contributed by atoms with E-state index < -0.39 is 0 Å². The summed E-state index contributed by atoms with van der Waals surface area (Å²) in [6.45, 7) is 2.08. The van der Waals surface area contributed by atoms with Crippen molar-refractivity contribution >= 4 is 38.7 Å². The lowest BCUT2D eigenvalue weighted by molar-refractivity contribution is 0.279. The molecule has 0 aliphatic rings. The van der Waals surface area contributed by atoms with Gasteiger partial charge in [-0.1, -0.05) is 33.8 Å². The smallest absolute Gasteiger partial charge is 0.171 e. The summed E-state index contributed by atoms with van der Waals surface area (Å²) in [4.78, 5) is 8.88. The third kappa shape index (κ3) is 2.75. The largest absolute Gasteiger partial charge is 0.392 e. The van der Waals surface area contributed by atoms with E-state index in [4.69, 9.17) is 0 Å². The van der Waals surface area contributed by atoms with Gasteiger partial charge in [-0.3, -0.25) is 0 Å². The average Bonchev–Trinajstić information content (AvgIpc) is 2.82. The van der Waals surface area contributed by atoms with Crippen LogP contribution in [-0.2, 0) is 6.61 Å². The number of aromatic amines is 1. The molecule has 3 aromatic rings. The fourth-order valence-corrected chi connectivity index (χ4v) is 3.34. The van der Waals surface area contributed by atoms with E-state index in [1.165, 1.54) is 17.3 Å². The first-order valence-corrected chi connectivity index (χ1v) is 7.80. The van der Waals surface area contributed by atoms with E-state index in [1.807, 2.05) is 24.3 Å². The Labute approximate surface area is 129 Å². The number of rotatable bonds is 3. The zero-order valence-corrected chi connectivity index (χ0v) is 13.3. The van der Waals surface area contributed by atoms with Crippen LogP contribution in [-0.4, -0.2) is 15.1 Å². The number of aliphatic hydroxyl groups excluding tert-OH is 1. The minimum Gasteiger partial charge on any atom is -0.392 e. The molecule has 0 unspecified atom stereocenters. The Morgan fingerprint density at radius 3 is 2.90 bits per heavy atom. The second-order valence-corrected chi connectivity index (χ2v) is 6.52. The van der Waals surface area contributed by atoms with Gasteiger partial charge in [0.05, 0.1) is 17.6 Å². The van der Waals surface area contributed by atoms with Crippen molar-refractivity contribution < 1.29 is 5.11 Å². The molecule has 0 radical (unpaired) electrons. The van der Waals surface area contributed by atoms with E-state index in [1.54, 1.807) is 0 Å². The highest BCUT2D eigenvalue weighted by atomic mass is 79.9. The summed E-state index contributed by atoms with van der Waals surface area (Å²) in [7, 11) is 0. The van der Waals surface area contributed by atoms with Crippen LogP contribution in [0.4, 0.5) is 0 Å². The quantitative estimate of drug-likeness (QED) is 0.742. The van der Waals surface area contributed by atoms with Crippen LogP contribution in [0.5, 0.6) is 0 Å². The number of H-pyrrole nitrogens is 1. The topological polar surface area (TPSA) is 48.9 Å². The number of hydrogen-bond donors (Lipinski definition) is 2. The van der Waals surface area contributed by atoms with E-state index in [2.05, 4.69) is 45.0 Å². The molecule has 0 atom stereocenters. The second kappa shape index (κ2) is 5.60. The Kier molecular flexibility index (Phi) is 3.83. The predicted molar refractivity (Wildman–Crippen MR) is 85.0 cm³/mol. The molecule has 0 saturated carbocycles. The van der Waals surface area contributed by atoms with Gasteiger partial charge in [0.25, 0.3) is 0 Å². The van der Waals surface area contributed by atoms with Gasteiger partial charge >= 0.3 is 0 Å². The predicted octanol–water partition coefficient (Wildman–Crippen LogP) is 4.28. The highest BCUT2D eigenvalue weighted by molar-refractivity contribution is 9.10. The Morgan fingerprint density at radius 2 is 2.10 bits per heavy atom.